The highest BCUT2D eigenvalue weighted by Gasteiger charge is 2.37. The normalized spacial score (nSPS) is 14.2. The van der Waals surface area contributed by atoms with Crippen LogP contribution in [0.4, 0.5) is 13.2 Å². The van der Waals surface area contributed by atoms with E-state index in [1.54, 1.807) is 0 Å². The van der Waals surface area contributed by atoms with Gasteiger partial charge in [-0.05, 0) is 13.8 Å². The highest BCUT2D eigenvalue weighted by atomic mass is 32.1. The van der Waals surface area contributed by atoms with Crippen molar-refractivity contribution in [2.24, 2.45) is 0 Å². The van der Waals surface area contributed by atoms with Gasteiger partial charge in [0.05, 0.1) is 11.4 Å². The fourth-order valence-corrected chi connectivity index (χ4v) is 2.75. The lowest BCUT2D eigenvalue weighted by Gasteiger charge is -2.15. The minimum Gasteiger partial charge on any atom is -0.382 e. The molecule has 1 atom stereocenters. The van der Waals surface area contributed by atoms with E-state index in [1.807, 2.05) is 23.6 Å². The summed E-state index contributed by atoms with van der Waals surface area (Å²) in [6.07, 6.45) is -6.94. The monoisotopic (exact) mass is 293 g/mol. The number of hydrogen-bond donors (Lipinski definition) is 2. The molecule has 106 valence electrons. The quantitative estimate of drug-likeness (QED) is 0.907. The molecule has 0 bridgehead atoms. The Morgan fingerprint density at radius 2 is 2.16 bits per heavy atom. The molecule has 2 N–H and O–H groups in total. The van der Waals surface area contributed by atoms with E-state index in [4.69, 9.17) is 5.11 Å². The van der Waals surface area contributed by atoms with Gasteiger partial charge in [0.1, 0.15) is 0 Å². The maximum absolute atomic E-state index is 12.2. The lowest BCUT2D eigenvalue weighted by atomic mass is 10.3. The molecule has 2 heterocycles. The lowest BCUT2D eigenvalue weighted by molar-refractivity contribution is -0.201. The van der Waals surface area contributed by atoms with Crippen LogP contribution < -0.4 is 5.32 Å². The van der Waals surface area contributed by atoms with Crippen LogP contribution in [0.15, 0.2) is 5.38 Å². The zero-order chi connectivity index (χ0) is 14.2. The predicted molar refractivity (Wildman–Crippen MR) is 66.3 cm³/mol. The molecule has 0 saturated heterocycles. The van der Waals surface area contributed by atoms with Crippen LogP contribution in [0.25, 0.3) is 4.96 Å². The fourth-order valence-electron chi connectivity index (χ4n) is 1.82. The smallest absolute Gasteiger partial charge is 0.382 e. The van der Waals surface area contributed by atoms with E-state index in [9.17, 15) is 13.2 Å². The van der Waals surface area contributed by atoms with Gasteiger partial charge in [-0.2, -0.15) is 13.2 Å². The first-order valence-corrected chi connectivity index (χ1v) is 6.56. The maximum atomic E-state index is 12.2. The van der Waals surface area contributed by atoms with E-state index in [-0.39, 0.29) is 6.54 Å². The Labute approximate surface area is 111 Å². The van der Waals surface area contributed by atoms with Gasteiger partial charge in [-0.25, -0.2) is 4.98 Å². The van der Waals surface area contributed by atoms with Crippen molar-refractivity contribution in [1.82, 2.24) is 14.7 Å². The lowest BCUT2D eigenvalue weighted by Crippen LogP contribution is -2.38. The van der Waals surface area contributed by atoms with Gasteiger partial charge in [-0.1, -0.05) is 0 Å². The minimum absolute atomic E-state index is 0.234. The van der Waals surface area contributed by atoms with Crippen LogP contribution in [-0.4, -0.2) is 33.3 Å². The van der Waals surface area contributed by atoms with Crippen LogP contribution in [-0.2, 0) is 6.54 Å². The molecule has 2 aromatic heterocycles. The van der Waals surface area contributed by atoms with E-state index < -0.39 is 18.8 Å². The molecule has 0 saturated carbocycles. The molecule has 1 unspecified atom stereocenters. The molecule has 4 nitrogen and oxygen atoms in total. The van der Waals surface area contributed by atoms with Crippen LogP contribution in [0.5, 0.6) is 0 Å². The second-order valence-corrected chi connectivity index (χ2v) is 5.16. The third kappa shape index (κ3) is 2.90. The van der Waals surface area contributed by atoms with E-state index in [2.05, 4.69) is 10.3 Å². The largest absolute Gasteiger partial charge is 0.415 e. The summed E-state index contributed by atoms with van der Waals surface area (Å²) in [6, 6.07) is 0. The molecular formula is C11H14F3N3OS. The Morgan fingerprint density at radius 1 is 1.47 bits per heavy atom. The Hall–Kier alpha value is -1.12. The second-order valence-electron chi connectivity index (χ2n) is 4.33. The zero-order valence-corrected chi connectivity index (χ0v) is 11.3. The highest BCUT2D eigenvalue weighted by Crippen LogP contribution is 2.21. The number of nitrogens with zero attached hydrogens (tertiary/aromatic N) is 2. The second kappa shape index (κ2) is 5.10. The molecule has 0 radical (unpaired) electrons. The van der Waals surface area contributed by atoms with Crippen molar-refractivity contribution < 1.29 is 18.3 Å². The van der Waals surface area contributed by atoms with Gasteiger partial charge in [-0.15, -0.1) is 11.3 Å². The highest BCUT2D eigenvalue weighted by molar-refractivity contribution is 7.15. The van der Waals surface area contributed by atoms with Gasteiger partial charge in [-0.3, -0.25) is 4.40 Å². The third-order valence-corrected chi connectivity index (χ3v) is 3.78. The number of hydrogen-bond acceptors (Lipinski definition) is 4. The first-order chi connectivity index (χ1) is 8.80. The number of fused-ring (bicyclic) bond motifs is 1. The summed E-state index contributed by atoms with van der Waals surface area (Å²) in [4.78, 5) is 5.16. The first-order valence-electron chi connectivity index (χ1n) is 5.68. The number of aryl methyl sites for hydroxylation is 2. The minimum atomic E-state index is -4.59. The van der Waals surface area contributed by atoms with Crippen molar-refractivity contribution in [1.29, 1.82) is 0 Å². The first kappa shape index (κ1) is 14.3. The number of imidazole rings is 1. The zero-order valence-electron chi connectivity index (χ0n) is 10.5. The van der Waals surface area contributed by atoms with Crippen molar-refractivity contribution >= 4 is 16.3 Å². The third-order valence-electron chi connectivity index (χ3n) is 2.84. The molecule has 0 spiro atoms. The molecule has 0 aromatic carbocycles. The van der Waals surface area contributed by atoms with Crippen molar-refractivity contribution in [3.63, 3.8) is 0 Å². The average molecular weight is 293 g/mol. The van der Waals surface area contributed by atoms with Gasteiger partial charge in [0.2, 0.25) is 0 Å². The fraction of sp³-hybridized carbons (Fsp3) is 0.545. The Balaban J connectivity index is 2.06. The van der Waals surface area contributed by atoms with Crippen molar-refractivity contribution in [3.05, 3.63) is 22.5 Å². The van der Waals surface area contributed by atoms with Crippen LogP contribution in [0.2, 0.25) is 0 Å². The number of halogens is 3. The number of aromatic nitrogens is 2. The molecule has 0 aliphatic rings. The maximum Gasteiger partial charge on any atom is 0.415 e. The molecule has 0 aliphatic heterocycles. The summed E-state index contributed by atoms with van der Waals surface area (Å²) in [5, 5.41) is 13.5. The average Bonchev–Trinajstić information content (AvgIpc) is 2.79. The molecule has 8 heteroatoms. The van der Waals surface area contributed by atoms with Gasteiger partial charge < -0.3 is 10.4 Å². The van der Waals surface area contributed by atoms with Crippen LogP contribution in [0, 0.1) is 13.8 Å². The van der Waals surface area contributed by atoms with Crippen molar-refractivity contribution in [3.8, 4) is 0 Å². The molecular weight excluding hydrogens is 279 g/mol. The topological polar surface area (TPSA) is 49.6 Å². The van der Waals surface area contributed by atoms with Gasteiger partial charge in [0.15, 0.2) is 11.1 Å². The number of aliphatic hydroxyl groups is 1. The van der Waals surface area contributed by atoms with E-state index in [1.165, 1.54) is 11.3 Å². The molecule has 0 amide bonds. The summed E-state index contributed by atoms with van der Waals surface area (Å²) < 4.78 is 38.4. The summed E-state index contributed by atoms with van der Waals surface area (Å²) >= 11 is 1.49. The predicted octanol–water partition coefficient (Wildman–Crippen LogP) is 2.03. The van der Waals surface area contributed by atoms with E-state index in [0.29, 0.717) is 0 Å². The summed E-state index contributed by atoms with van der Waals surface area (Å²) in [5.74, 6) is 0. The number of rotatable bonds is 4. The number of nitrogens with one attached hydrogen (secondary N) is 1. The van der Waals surface area contributed by atoms with Crippen LogP contribution in [0.1, 0.15) is 17.1 Å². The number of thiazole rings is 1. The van der Waals surface area contributed by atoms with Crippen molar-refractivity contribution in [2.45, 2.75) is 32.7 Å². The Kier molecular flexibility index (Phi) is 3.84. The number of alkyl halides is 3. The van der Waals surface area contributed by atoms with Crippen molar-refractivity contribution in [2.75, 3.05) is 6.54 Å². The SMILES string of the molecule is Cc1nc2scc(C)n2c1CNCC(O)C(F)(F)F. The van der Waals surface area contributed by atoms with Gasteiger partial charge in [0, 0.05) is 24.2 Å². The van der Waals surface area contributed by atoms with Gasteiger partial charge in [0.25, 0.3) is 0 Å². The summed E-state index contributed by atoms with van der Waals surface area (Å²) in [5.41, 5.74) is 2.60. The summed E-state index contributed by atoms with van der Waals surface area (Å²) in [6.45, 7) is 3.44. The van der Waals surface area contributed by atoms with E-state index >= 15 is 0 Å². The van der Waals surface area contributed by atoms with Crippen LogP contribution >= 0.6 is 11.3 Å². The Morgan fingerprint density at radius 3 is 2.79 bits per heavy atom. The molecule has 19 heavy (non-hydrogen) atoms. The molecule has 2 rings (SSSR count). The van der Waals surface area contributed by atoms with E-state index in [0.717, 1.165) is 22.0 Å². The van der Waals surface area contributed by atoms with Crippen LogP contribution in [0.3, 0.4) is 0 Å². The Bertz CT molecular complexity index is 575. The molecule has 0 fully saturated rings. The molecule has 2 aromatic rings. The summed E-state index contributed by atoms with van der Waals surface area (Å²) in [7, 11) is 0. The molecule has 0 aliphatic carbocycles. The van der Waals surface area contributed by atoms with Gasteiger partial charge >= 0.3 is 6.18 Å². The standard InChI is InChI=1S/C11H14F3N3OS/c1-6-5-19-10-16-7(2)8(17(6)10)3-15-4-9(18)11(12,13)14/h5,9,15,18H,3-4H2,1-2H3. The number of aliphatic hydroxyl groups excluding tert-OH is 1.